The SMILES string of the molecule is CCOC(=O)N(C)CC(=O)N[C@H]1[C@H]2CC[C@@H](C2)[C@@H]1C(=O)OCc1ccccc1. The summed E-state index contributed by atoms with van der Waals surface area (Å²) < 4.78 is 10.4. The molecule has 1 N–H and O–H groups in total. The average Bonchev–Trinajstić information content (AvgIpc) is 3.28. The number of fused-ring (bicyclic) bond motifs is 2. The predicted octanol–water partition coefficient (Wildman–Crippen LogP) is 2.35. The lowest BCUT2D eigenvalue weighted by molar-refractivity contribution is -0.153. The van der Waals surface area contributed by atoms with Gasteiger partial charge in [0.15, 0.2) is 0 Å². The zero-order valence-electron chi connectivity index (χ0n) is 16.4. The molecule has 2 aliphatic carbocycles. The van der Waals surface area contributed by atoms with Gasteiger partial charge in [0.05, 0.1) is 12.5 Å². The van der Waals surface area contributed by atoms with Crippen LogP contribution in [0.4, 0.5) is 4.79 Å². The van der Waals surface area contributed by atoms with Crippen molar-refractivity contribution >= 4 is 18.0 Å². The van der Waals surface area contributed by atoms with Crippen LogP contribution in [0.15, 0.2) is 30.3 Å². The van der Waals surface area contributed by atoms with E-state index in [1.54, 1.807) is 6.92 Å². The van der Waals surface area contributed by atoms with Gasteiger partial charge in [0, 0.05) is 13.1 Å². The Hall–Kier alpha value is -2.57. The van der Waals surface area contributed by atoms with Gasteiger partial charge >= 0.3 is 12.1 Å². The molecule has 1 aromatic rings. The number of carbonyl (C=O) groups excluding carboxylic acids is 3. The second-order valence-electron chi connectivity index (χ2n) is 7.60. The molecule has 2 fully saturated rings. The van der Waals surface area contributed by atoms with Crippen LogP contribution in [0.1, 0.15) is 31.7 Å². The number of ether oxygens (including phenoxy) is 2. The van der Waals surface area contributed by atoms with Crippen molar-refractivity contribution in [3.63, 3.8) is 0 Å². The molecule has 2 amide bonds. The summed E-state index contributed by atoms with van der Waals surface area (Å²) in [5.41, 5.74) is 0.940. The normalized spacial score (nSPS) is 25.2. The number of carbonyl (C=O) groups is 3. The van der Waals surface area contributed by atoms with Crippen LogP contribution in [0.5, 0.6) is 0 Å². The van der Waals surface area contributed by atoms with E-state index in [9.17, 15) is 14.4 Å². The zero-order chi connectivity index (χ0) is 20.1. The molecule has 0 aromatic heterocycles. The number of nitrogens with one attached hydrogen (secondary N) is 1. The van der Waals surface area contributed by atoms with Gasteiger partial charge in [-0.05, 0) is 43.6 Å². The van der Waals surface area contributed by atoms with Crippen molar-refractivity contribution in [1.29, 1.82) is 0 Å². The molecule has 7 heteroatoms. The van der Waals surface area contributed by atoms with Crippen LogP contribution < -0.4 is 5.32 Å². The molecule has 4 atom stereocenters. The van der Waals surface area contributed by atoms with Gasteiger partial charge in [-0.1, -0.05) is 30.3 Å². The summed E-state index contributed by atoms with van der Waals surface area (Å²) in [6.07, 6.45) is 2.39. The lowest BCUT2D eigenvalue weighted by Crippen LogP contribution is -2.50. The van der Waals surface area contributed by atoms with Crippen molar-refractivity contribution in [3.8, 4) is 0 Å². The monoisotopic (exact) mass is 388 g/mol. The van der Waals surface area contributed by atoms with Crippen molar-refractivity contribution in [1.82, 2.24) is 10.2 Å². The van der Waals surface area contributed by atoms with Crippen LogP contribution in [0.3, 0.4) is 0 Å². The Morgan fingerprint density at radius 1 is 1.11 bits per heavy atom. The fourth-order valence-corrected chi connectivity index (χ4v) is 4.41. The molecule has 0 saturated heterocycles. The van der Waals surface area contributed by atoms with E-state index in [0.717, 1.165) is 24.8 Å². The van der Waals surface area contributed by atoms with Crippen molar-refractivity contribution in [2.24, 2.45) is 17.8 Å². The maximum atomic E-state index is 12.8. The van der Waals surface area contributed by atoms with E-state index < -0.39 is 6.09 Å². The summed E-state index contributed by atoms with van der Waals surface area (Å²) in [6.45, 7) is 2.11. The van der Waals surface area contributed by atoms with Gasteiger partial charge in [0.1, 0.15) is 13.2 Å². The molecule has 0 heterocycles. The molecule has 0 spiro atoms. The van der Waals surface area contributed by atoms with Crippen LogP contribution in [-0.4, -0.2) is 49.1 Å². The van der Waals surface area contributed by atoms with Gasteiger partial charge in [-0.15, -0.1) is 0 Å². The quantitative estimate of drug-likeness (QED) is 0.725. The molecule has 2 saturated carbocycles. The molecule has 28 heavy (non-hydrogen) atoms. The van der Waals surface area contributed by atoms with E-state index in [4.69, 9.17) is 9.47 Å². The standard InChI is InChI=1S/C21H28N2O5/c1-3-27-21(26)23(2)12-17(24)22-19-16-10-9-15(11-16)18(19)20(25)28-13-14-7-5-4-6-8-14/h4-8,15-16,18-19H,3,9-13H2,1-2H3,(H,22,24)/t15-,16-,18-,19-/m0/s1. The maximum Gasteiger partial charge on any atom is 0.409 e. The number of hydrogen-bond donors (Lipinski definition) is 1. The summed E-state index contributed by atoms with van der Waals surface area (Å²) in [4.78, 5) is 38.1. The molecule has 0 unspecified atom stereocenters. The smallest absolute Gasteiger partial charge is 0.409 e. The first-order valence-electron chi connectivity index (χ1n) is 9.87. The summed E-state index contributed by atoms with van der Waals surface area (Å²) in [5, 5.41) is 2.98. The number of nitrogens with zero attached hydrogens (tertiary/aromatic N) is 1. The minimum absolute atomic E-state index is 0.0987. The third-order valence-corrected chi connectivity index (χ3v) is 5.70. The second-order valence-corrected chi connectivity index (χ2v) is 7.60. The molecular weight excluding hydrogens is 360 g/mol. The van der Waals surface area contributed by atoms with Gasteiger partial charge in [-0.3, -0.25) is 9.59 Å². The summed E-state index contributed by atoms with van der Waals surface area (Å²) in [7, 11) is 1.52. The van der Waals surface area contributed by atoms with Crippen molar-refractivity contribution in [2.75, 3.05) is 20.2 Å². The molecule has 152 valence electrons. The number of rotatable bonds is 7. The molecule has 2 bridgehead atoms. The highest BCUT2D eigenvalue weighted by Crippen LogP contribution is 2.49. The first kappa shape index (κ1) is 20.2. The molecule has 2 aliphatic rings. The van der Waals surface area contributed by atoms with E-state index in [-0.39, 0.29) is 55.4 Å². The van der Waals surface area contributed by atoms with Crippen LogP contribution in [0.25, 0.3) is 0 Å². The fraction of sp³-hybridized carbons (Fsp3) is 0.571. The highest BCUT2D eigenvalue weighted by Gasteiger charge is 2.52. The third-order valence-electron chi connectivity index (χ3n) is 5.70. The number of esters is 1. The van der Waals surface area contributed by atoms with Crippen molar-refractivity contribution in [3.05, 3.63) is 35.9 Å². The Labute approximate surface area is 165 Å². The van der Waals surface area contributed by atoms with E-state index in [2.05, 4.69) is 5.32 Å². The Bertz CT molecular complexity index is 708. The van der Waals surface area contributed by atoms with Crippen molar-refractivity contribution < 1.29 is 23.9 Å². The Morgan fingerprint density at radius 3 is 2.54 bits per heavy atom. The topological polar surface area (TPSA) is 84.9 Å². The van der Waals surface area contributed by atoms with E-state index >= 15 is 0 Å². The maximum absolute atomic E-state index is 12.8. The van der Waals surface area contributed by atoms with Crippen LogP contribution in [0, 0.1) is 17.8 Å². The van der Waals surface area contributed by atoms with Crippen molar-refractivity contribution in [2.45, 2.75) is 38.8 Å². The van der Waals surface area contributed by atoms with Gasteiger partial charge in [0.2, 0.25) is 5.91 Å². The Morgan fingerprint density at radius 2 is 1.82 bits per heavy atom. The first-order chi connectivity index (χ1) is 13.5. The fourth-order valence-electron chi connectivity index (χ4n) is 4.41. The highest BCUT2D eigenvalue weighted by atomic mass is 16.6. The van der Waals surface area contributed by atoms with Gasteiger partial charge < -0.3 is 19.7 Å². The molecular formula is C21H28N2O5. The molecule has 1 aromatic carbocycles. The Balaban J connectivity index is 1.57. The molecule has 0 aliphatic heterocycles. The number of hydrogen-bond acceptors (Lipinski definition) is 5. The minimum Gasteiger partial charge on any atom is -0.461 e. The summed E-state index contributed by atoms with van der Waals surface area (Å²) in [5.74, 6) is -0.314. The van der Waals surface area contributed by atoms with Crippen LogP contribution >= 0.6 is 0 Å². The predicted molar refractivity (Wildman–Crippen MR) is 102 cm³/mol. The number of likely N-dealkylation sites (N-methyl/N-ethyl adjacent to an activating group) is 1. The summed E-state index contributed by atoms with van der Waals surface area (Å²) in [6, 6.07) is 9.33. The number of benzene rings is 1. The Kier molecular flexibility index (Phi) is 6.54. The van der Waals surface area contributed by atoms with E-state index in [1.165, 1.54) is 11.9 Å². The number of amides is 2. The third kappa shape index (κ3) is 4.64. The van der Waals surface area contributed by atoms with E-state index in [1.807, 2.05) is 30.3 Å². The van der Waals surface area contributed by atoms with Gasteiger partial charge in [0.25, 0.3) is 0 Å². The van der Waals surface area contributed by atoms with Crippen LogP contribution in [-0.2, 0) is 25.7 Å². The highest BCUT2D eigenvalue weighted by molar-refractivity contribution is 5.83. The summed E-state index contributed by atoms with van der Waals surface area (Å²) >= 11 is 0. The van der Waals surface area contributed by atoms with Gasteiger partial charge in [-0.2, -0.15) is 0 Å². The largest absolute Gasteiger partial charge is 0.461 e. The lowest BCUT2D eigenvalue weighted by atomic mass is 9.84. The van der Waals surface area contributed by atoms with Crippen LogP contribution in [0.2, 0.25) is 0 Å². The average molecular weight is 388 g/mol. The molecule has 3 rings (SSSR count). The zero-order valence-corrected chi connectivity index (χ0v) is 16.4. The lowest BCUT2D eigenvalue weighted by Gasteiger charge is -2.30. The van der Waals surface area contributed by atoms with E-state index in [0.29, 0.717) is 0 Å². The molecule has 7 nitrogen and oxygen atoms in total. The van der Waals surface area contributed by atoms with Gasteiger partial charge in [-0.25, -0.2) is 4.79 Å². The first-order valence-corrected chi connectivity index (χ1v) is 9.87. The molecule has 0 radical (unpaired) electrons. The minimum atomic E-state index is -0.538. The second kappa shape index (κ2) is 9.08.